The Kier molecular flexibility index (Phi) is 6.80. The smallest absolute Gasteiger partial charge is 0.331 e. The van der Waals surface area contributed by atoms with Crippen LogP contribution in [0.3, 0.4) is 0 Å². The van der Waals surface area contributed by atoms with Crippen molar-refractivity contribution < 1.29 is 28.4 Å². The Morgan fingerprint density at radius 3 is 2.61 bits per heavy atom. The first-order valence-electron chi connectivity index (χ1n) is 8.08. The van der Waals surface area contributed by atoms with E-state index in [1.165, 1.54) is 50.4 Å². The highest BCUT2D eigenvalue weighted by molar-refractivity contribution is 5.97. The molecule has 0 bridgehead atoms. The molecule has 2 aromatic carbocycles. The van der Waals surface area contributed by atoms with Crippen molar-refractivity contribution in [1.29, 1.82) is 0 Å². The molecular weight excluding hydrogens is 371 g/mol. The maximum atomic E-state index is 13.5. The van der Waals surface area contributed by atoms with Crippen LogP contribution in [0, 0.1) is 15.9 Å². The maximum absolute atomic E-state index is 13.5. The van der Waals surface area contributed by atoms with Gasteiger partial charge in [0.15, 0.2) is 6.10 Å². The summed E-state index contributed by atoms with van der Waals surface area (Å²) in [5, 5.41) is 13.3. The number of anilines is 1. The van der Waals surface area contributed by atoms with Gasteiger partial charge in [0.25, 0.3) is 11.6 Å². The average molecular weight is 388 g/mol. The first-order chi connectivity index (χ1) is 13.3. The molecule has 0 saturated carbocycles. The zero-order valence-electron chi connectivity index (χ0n) is 15.0. The van der Waals surface area contributed by atoms with Crippen LogP contribution in [0.25, 0.3) is 6.08 Å². The van der Waals surface area contributed by atoms with Gasteiger partial charge in [0.05, 0.1) is 23.8 Å². The zero-order chi connectivity index (χ0) is 20.7. The normalized spacial score (nSPS) is 11.7. The van der Waals surface area contributed by atoms with E-state index in [1.807, 2.05) is 0 Å². The third-order valence-electron chi connectivity index (χ3n) is 3.62. The number of nitrogens with zero attached hydrogens (tertiary/aromatic N) is 1. The van der Waals surface area contributed by atoms with Gasteiger partial charge in [-0.15, -0.1) is 0 Å². The summed E-state index contributed by atoms with van der Waals surface area (Å²) >= 11 is 0. The van der Waals surface area contributed by atoms with Gasteiger partial charge in [-0.05, 0) is 25.1 Å². The highest BCUT2D eigenvalue weighted by Crippen LogP contribution is 2.29. The Balaban J connectivity index is 2.00. The lowest BCUT2D eigenvalue weighted by molar-refractivity contribution is -0.384. The standard InChI is InChI=1S/C19H17FN2O6/c1-12(28-18(23)10-7-13-5-3-4-6-15(13)20)19(24)21-16-9-8-14(22(25)26)11-17(16)27-2/h3-12H,1-2H3,(H,21,24)/b10-7+/t12-/m1/s1. The number of nitrogens with one attached hydrogen (secondary N) is 1. The Labute approximate surface area is 159 Å². The Morgan fingerprint density at radius 1 is 1.25 bits per heavy atom. The highest BCUT2D eigenvalue weighted by Gasteiger charge is 2.19. The van der Waals surface area contributed by atoms with Crippen molar-refractivity contribution in [3.05, 3.63) is 70.0 Å². The number of nitro benzene ring substituents is 1. The summed E-state index contributed by atoms with van der Waals surface area (Å²) < 4.78 is 23.5. The molecule has 2 rings (SSSR count). The number of carbonyl (C=O) groups is 2. The van der Waals surface area contributed by atoms with Gasteiger partial charge >= 0.3 is 5.97 Å². The summed E-state index contributed by atoms with van der Waals surface area (Å²) in [6.07, 6.45) is 1.08. The molecule has 146 valence electrons. The fourth-order valence-corrected chi connectivity index (χ4v) is 2.17. The van der Waals surface area contributed by atoms with E-state index in [4.69, 9.17) is 9.47 Å². The molecule has 28 heavy (non-hydrogen) atoms. The van der Waals surface area contributed by atoms with E-state index in [2.05, 4.69) is 5.32 Å². The maximum Gasteiger partial charge on any atom is 0.331 e. The van der Waals surface area contributed by atoms with Crippen LogP contribution in [-0.2, 0) is 14.3 Å². The minimum atomic E-state index is -1.17. The number of halogens is 1. The van der Waals surface area contributed by atoms with Crippen molar-refractivity contribution >= 4 is 29.3 Å². The molecule has 0 spiro atoms. The number of carbonyl (C=O) groups excluding carboxylic acids is 2. The topological polar surface area (TPSA) is 108 Å². The second-order valence-electron chi connectivity index (χ2n) is 5.56. The molecular formula is C19H17FN2O6. The van der Waals surface area contributed by atoms with Gasteiger partial charge in [0, 0.05) is 17.7 Å². The van der Waals surface area contributed by atoms with Crippen molar-refractivity contribution in [1.82, 2.24) is 0 Å². The highest BCUT2D eigenvalue weighted by atomic mass is 19.1. The quantitative estimate of drug-likeness (QED) is 0.337. The van der Waals surface area contributed by atoms with E-state index in [-0.39, 0.29) is 22.7 Å². The predicted molar refractivity (Wildman–Crippen MR) is 99.3 cm³/mol. The lowest BCUT2D eigenvalue weighted by Crippen LogP contribution is -2.29. The van der Waals surface area contributed by atoms with E-state index in [0.29, 0.717) is 0 Å². The fraction of sp³-hybridized carbons (Fsp3) is 0.158. The van der Waals surface area contributed by atoms with Crippen LogP contribution < -0.4 is 10.1 Å². The van der Waals surface area contributed by atoms with Crippen LogP contribution in [0.4, 0.5) is 15.8 Å². The molecule has 0 unspecified atom stereocenters. The first kappa shape index (κ1) is 20.6. The zero-order valence-corrected chi connectivity index (χ0v) is 15.0. The fourth-order valence-electron chi connectivity index (χ4n) is 2.17. The monoisotopic (exact) mass is 388 g/mol. The first-order valence-corrected chi connectivity index (χ1v) is 8.08. The van der Waals surface area contributed by atoms with Gasteiger partial charge in [0.2, 0.25) is 0 Å². The van der Waals surface area contributed by atoms with E-state index < -0.39 is 28.7 Å². The molecule has 0 heterocycles. The Hall–Kier alpha value is -3.75. The van der Waals surface area contributed by atoms with Crippen molar-refractivity contribution in [2.75, 3.05) is 12.4 Å². The largest absolute Gasteiger partial charge is 0.494 e. The average Bonchev–Trinajstić information content (AvgIpc) is 2.67. The molecule has 9 heteroatoms. The van der Waals surface area contributed by atoms with Crippen LogP contribution >= 0.6 is 0 Å². The van der Waals surface area contributed by atoms with Gasteiger partial charge in [0.1, 0.15) is 11.6 Å². The number of benzene rings is 2. The third-order valence-corrected chi connectivity index (χ3v) is 3.62. The summed E-state index contributed by atoms with van der Waals surface area (Å²) in [5.41, 5.74) is 0.183. The SMILES string of the molecule is COc1cc([N+](=O)[O-])ccc1NC(=O)[C@@H](C)OC(=O)/C=C/c1ccccc1F. The van der Waals surface area contributed by atoms with Crippen LogP contribution in [0.5, 0.6) is 5.75 Å². The van der Waals surface area contributed by atoms with Crippen LogP contribution in [0.1, 0.15) is 12.5 Å². The minimum Gasteiger partial charge on any atom is -0.494 e. The molecule has 0 aliphatic rings. The number of hydrogen-bond acceptors (Lipinski definition) is 6. The lowest BCUT2D eigenvalue weighted by Gasteiger charge is -2.14. The molecule has 0 aromatic heterocycles. The van der Waals surface area contributed by atoms with E-state index in [0.717, 1.165) is 12.1 Å². The molecule has 0 aliphatic carbocycles. The van der Waals surface area contributed by atoms with Gasteiger partial charge < -0.3 is 14.8 Å². The van der Waals surface area contributed by atoms with Crippen molar-refractivity contribution in [3.8, 4) is 5.75 Å². The molecule has 8 nitrogen and oxygen atoms in total. The molecule has 1 amide bonds. The van der Waals surface area contributed by atoms with E-state index in [9.17, 15) is 24.1 Å². The molecule has 0 saturated heterocycles. The Bertz CT molecular complexity index is 928. The summed E-state index contributed by atoms with van der Waals surface area (Å²) in [4.78, 5) is 34.2. The summed E-state index contributed by atoms with van der Waals surface area (Å²) in [5.74, 6) is -1.91. The van der Waals surface area contributed by atoms with Crippen molar-refractivity contribution in [2.45, 2.75) is 13.0 Å². The Morgan fingerprint density at radius 2 is 1.96 bits per heavy atom. The number of methoxy groups -OCH3 is 1. The molecule has 1 N–H and O–H groups in total. The van der Waals surface area contributed by atoms with Gasteiger partial charge in [-0.25, -0.2) is 9.18 Å². The van der Waals surface area contributed by atoms with Gasteiger partial charge in [-0.2, -0.15) is 0 Å². The van der Waals surface area contributed by atoms with E-state index >= 15 is 0 Å². The van der Waals surface area contributed by atoms with Crippen LogP contribution in [-0.4, -0.2) is 30.0 Å². The number of esters is 1. The van der Waals surface area contributed by atoms with Gasteiger partial charge in [-0.1, -0.05) is 18.2 Å². The molecule has 2 aromatic rings. The van der Waals surface area contributed by atoms with Gasteiger partial charge in [-0.3, -0.25) is 14.9 Å². The third kappa shape index (κ3) is 5.37. The second-order valence-corrected chi connectivity index (χ2v) is 5.56. The lowest BCUT2D eigenvalue weighted by atomic mass is 10.2. The number of hydrogen-bond donors (Lipinski definition) is 1. The minimum absolute atomic E-state index is 0.0838. The van der Waals surface area contributed by atoms with E-state index in [1.54, 1.807) is 6.07 Å². The predicted octanol–water partition coefficient (Wildman–Crippen LogP) is 3.33. The second kappa shape index (κ2) is 9.26. The molecule has 0 radical (unpaired) electrons. The van der Waals surface area contributed by atoms with Crippen molar-refractivity contribution in [3.63, 3.8) is 0 Å². The van der Waals surface area contributed by atoms with Crippen LogP contribution in [0.15, 0.2) is 48.5 Å². The summed E-state index contributed by atoms with van der Waals surface area (Å²) in [6, 6.07) is 9.53. The molecule has 1 atom stereocenters. The summed E-state index contributed by atoms with van der Waals surface area (Å²) in [7, 11) is 1.30. The molecule has 0 fully saturated rings. The van der Waals surface area contributed by atoms with Crippen LogP contribution in [0.2, 0.25) is 0 Å². The molecule has 0 aliphatic heterocycles. The van der Waals surface area contributed by atoms with Crippen molar-refractivity contribution in [2.24, 2.45) is 0 Å². The number of non-ortho nitro benzene ring substituents is 1. The summed E-state index contributed by atoms with van der Waals surface area (Å²) in [6.45, 7) is 1.35. The number of rotatable bonds is 7. The number of amides is 1. The number of nitro groups is 1. The number of ether oxygens (including phenoxy) is 2.